The molecule has 0 saturated heterocycles. The van der Waals surface area contributed by atoms with Crippen molar-refractivity contribution >= 4 is 17.1 Å². The molecular weight excluding hydrogens is 284 g/mol. The molecule has 3 aromatic rings. The Balaban J connectivity index is 1.78. The van der Waals surface area contributed by atoms with Crippen molar-refractivity contribution in [3.05, 3.63) is 24.7 Å². The van der Waals surface area contributed by atoms with Gasteiger partial charge in [0.1, 0.15) is 11.8 Å². The van der Waals surface area contributed by atoms with Crippen molar-refractivity contribution < 1.29 is 4.74 Å². The fourth-order valence-electron chi connectivity index (χ4n) is 2.15. The maximum absolute atomic E-state index is 5.09. The Labute approximate surface area is 127 Å². The standard InChI is InChI=1S/C13H18N8O/c1-19(7-11-18-16-9-21(11)4-5-22-3)13-14-6-10-12(17-13)15-8-20(10)2/h6,8-9H,4-5,7H2,1-3H3. The third-order valence-corrected chi connectivity index (χ3v) is 3.42. The molecule has 0 atom stereocenters. The molecule has 9 heteroatoms. The summed E-state index contributed by atoms with van der Waals surface area (Å²) in [7, 11) is 5.51. The quantitative estimate of drug-likeness (QED) is 0.644. The van der Waals surface area contributed by atoms with Crippen molar-refractivity contribution in [3.8, 4) is 0 Å². The maximum Gasteiger partial charge on any atom is 0.227 e. The van der Waals surface area contributed by atoms with Crippen LogP contribution in [0.1, 0.15) is 5.82 Å². The van der Waals surface area contributed by atoms with Crippen LogP contribution in [0.25, 0.3) is 11.2 Å². The lowest BCUT2D eigenvalue weighted by Gasteiger charge is -2.16. The third kappa shape index (κ3) is 2.75. The molecule has 9 nitrogen and oxygen atoms in total. The molecule has 3 aromatic heterocycles. The molecule has 0 fully saturated rings. The lowest BCUT2D eigenvalue weighted by molar-refractivity contribution is 0.186. The van der Waals surface area contributed by atoms with E-state index in [1.807, 2.05) is 28.1 Å². The average Bonchev–Trinajstić information content (AvgIpc) is 3.12. The number of anilines is 1. The van der Waals surface area contributed by atoms with Gasteiger partial charge in [-0.1, -0.05) is 0 Å². The monoisotopic (exact) mass is 302 g/mol. The number of imidazole rings is 1. The van der Waals surface area contributed by atoms with Gasteiger partial charge in [0, 0.05) is 27.7 Å². The van der Waals surface area contributed by atoms with E-state index in [4.69, 9.17) is 4.74 Å². The Morgan fingerprint density at radius 2 is 2.14 bits per heavy atom. The topological polar surface area (TPSA) is 86.8 Å². The summed E-state index contributed by atoms with van der Waals surface area (Å²) in [5.41, 5.74) is 1.58. The molecule has 0 bridgehead atoms. The van der Waals surface area contributed by atoms with Crippen LogP contribution in [0.4, 0.5) is 5.95 Å². The van der Waals surface area contributed by atoms with Gasteiger partial charge in [0.25, 0.3) is 0 Å². The van der Waals surface area contributed by atoms with E-state index in [1.54, 1.807) is 26.0 Å². The molecule has 0 aliphatic rings. The van der Waals surface area contributed by atoms with Crippen LogP contribution in [0.15, 0.2) is 18.9 Å². The van der Waals surface area contributed by atoms with Gasteiger partial charge in [-0.25, -0.2) is 9.97 Å². The largest absolute Gasteiger partial charge is 0.383 e. The minimum atomic E-state index is 0.558. The van der Waals surface area contributed by atoms with Crippen molar-refractivity contribution in [2.45, 2.75) is 13.1 Å². The molecule has 0 amide bonds. The maximum atomic E-state index is 5.09. The molecule has 116 valence electrons. The van der Waals surface area contributed by atoms with Crippen molar-refractivity contribution in [1.29, 1.82) is 0 Å². The van der Waals surface area contributed by atoms with E-state index in [1.165, 1.54) is 0 Å². The number of methoxy groups -OCH3 is 1. The van der Waals surface area contributed by atoms with Crippen molar-refractivity contribution in [2.24, 2.45) is 7.05 Å². The minimum Gasteiger partial charge on any atom is -0.383 e. The summed E-state index contributed by atoms with van der Waals surface area (Å²) in [5.74, 6) is 1.44. The van der Waals surface area contributed by atoms with Gasteiger partial charge in [-0.15, -0.1) is 10.2 Å². The van der Waals surface area contributed by atoms with Gasteiger partial charge in [0.2, 0.25) is 5.95 Å². The van der Waals surface area contributed by atoms with Gasteiger partial charge in [-0.2, -0.15) is 4.98 Å². The summed E-state index contributed by atoms with van der Waals surface area (Å²) in [6, 6.07) is 0. The van der Waals surface area contributed by atoms with Crippen molar-refractivity contribution in [1.82, 2.24) is 34.3 Å². The lowest BCUT2D eigenvalue weighted by Crippen LogP contribution is -2.22. The second kappa shape index (κ2) is 6.06. The number of aromatic nitrogens is 7. The zero-order valence-corrected chi connectivity index (χ0v) is 12.8. The first-order valence-corrected chi connectivity index (χ1v) is 6.90. The molecule has 0 spiro atoms. The normalized spacial score (nSPS) is 11.2. The zero-order valence-electron chi connectivity index (χ0n) is 12.8. The predicted molar refractivity (Wildman–Crippen MR) is 80.3 cm³/mol. The molecule has 3 rings (SSSR count). The molecule has 0 saturated carbocycles. The Morgan fingerprint density at radius 3 is 2.95 bits per heavy atom. The van der Waals surface area contributed by atoms with Gasteiger partial charge in [-0.3, -0.25) is 0 Å². The molecule has 0 radical (unpaired) electrons. The van der Waals surface area contributed by atoms with Crippen LogP contribution >= 0.6 is 0 Å². The molecule has 3 heterocycles. The molecular formula is C13H18N8O. The van der Waals surface area contributed by atoms with Gasteiger partial charge in [0.15, 0.2) is 11.5 Å². The van der Waals surface area contributed by atoms with E-state index in [0.29, 0.717) is 31.3 Å². The highest BCUT2D eigenvalue weighted by Gasteiger charge is 2.12. The Kier molecular flexibility index (Phi) is 3.96. The van der Waals surface area contributed by atoms with E-state index in [0.717, 1.165) is 11.3 Å². The Bertz CT molecular complexity index is 764. The van der Waals surface area contributed by atoms with E-state index in [2.05, 4.69) is 25.1 Å². The molecule has 0 aromatic carbocycles. The number of nitrogens with zero attached hydrogens (tertiary/aromatic N) is 8. The lowest BCUT2D eigenvalue weighted by atomic mass is 10.5. The number of hydrogen-bond donors (Lipinski definition) is 0. The number of aryl methyl sites for hydroxylation is 1. The van der Waals surface area contributed by atoms with Gasteiger partial charge >= 0.3 is 0 Å². The second-order valence-electron chi connectivity index (χ2n) is 5.02. The van der Waals surface area contributed by atoms with Crippen molar-refractivity contribution in [3.63, 3.8) is 0 Å². The minimum absolute atomic E-state index is 0.558. The Morgan fingerprint density at radius 1 is 1.27 bits per heavy atom. The second-order valence-corrected chi connectivity index (χ2v) is 5.02. The van der Waals surface area contributed by atoms with E-state index < -0.39 is 0 Å². The third-order valence-electron chi connectivity index (χ3n) is 3.42. The fraction of sp³-hybridized carbons (Fsp3) is 0.462. The fourth-order valence-corrected chi connectivity index (χ4v) is 2.15. The number of hydrogen-bond acceptors (Lipinski definition) is 7. The van der Waals surface area contributed by atoms with Crippen LogP contribution in [-0.4, -0.2) is 55.0 Å². The molecule has 22 heavy (non-hydrogen) atoms. The Hall–Kier alpha value is -2.55. The van der Waals surface area contributed by atoms with Crippen LogP contribution in [-0.2, 0) is 24.9 Å². The first-order chi connectivity index (χ1) is 10.7. The molecule has 0 aliphatic carbocycles. The van der Waals surface area contributed by atoms with Crippen LogP contribution < -0.4 is 4.90 Å². The highest BCUT2D eigenvalue weighted by molar-refractivity contribution is 5.70. The van der Waals surface area contributed by atoms with E-state index in [-0.39, 0.29) is 0 Å². The van der Waals surface area contributed by atoms with Crippen LogP contribution in [0.2, 0.25) is 0 Å². The summed E-state index contributed by atoms with van der Waals surface area (Å²) in [6.07, 6.45) is 5.20. The summed E-state index contributed by atoms with van der Waals surface area (Å²) in [4.78, 5) is 15.0. The van der Waals surface area contributed by atoms with Gasteiger partial charge < -0.3 is 18.8 Å². The number of rotatable bonds is 6. The molecule has 0 N–H and O–H groups in total. The van der Waals surface area contributed by atoms with Gasteiger partial charge in [-0.05, 0) is 0 Å². The molecule has 0 aliphatic heterocycles. The van der Waals surface area contributed by atoms with Crippen LogP contribution in [0, 0.1) is 0 Å². The summed E-state index contributed by atoms with van der Waals surface area (Å²) < 4.78 is 8.93. The number of ether oxygens (including phenoxy) is 1. The van der Waals surface area contributed by atoms with E-state index >= 15 is 0 Å². The van der Waals surface area contributed by atoms with Crippen molar-refractivity contribution in [2.75, 3.05) is 25.7 Å². The smallest absolute Gasteiger partial charge is 0.227 e. The van der Waals surface area contributed by atoms with E-state index in [9.17, 15) is 0 Å². The van der Waals surface area contributed by atoms with Crippen LogP contribution in [0.3, 0.4) is 0 Å². The summed E-state index contributed by atoms with van der Waals surface area (Å²) >= 11 is 0. The first-order valence-electron chi connectivity index (χ1n) is 6.90. The first kappa shape index (κ1) is 14.4. The highest BCUT2D eigenvalue weighted by atomic mass is 16.5. The van der Waals surface area contributed by atoms with Crippen LogP contribution in [0.5, 0.6) is 0 Å². The molecule has 0 unspecified atom stereocenters. The average molecular weight is 302 g/mol. The summed E-state index contributed by atoms with van der Waals surface area (Å²) in [6.45, 7) is 1.89. The summed E-state index contributed by atoms with van der Waals surface area (Å²) in [5, 5.41) is 8.09. The zero-order chi connectivity index (χ0) is 15.5. The SMILES string of the molecule is COCCn1cnnc1CN(C)c1ncc2c(ncn2C)n1. The van der Waals surface area contributed by atoms with Gasteiger partial charge in [0.05, 0.1) is 25.7 Å². The number of fused-ring (bicyclic) bond motifs is 1. The predicted octanol–water partition coefficient (Wildman–Crippen LogP) is 0.238. The highest BCUT2D eigenvalue weighted by Crippen LogP contribution is 2.13.